The molecule has 0 radical (unpaired) electrons. The van der Waals surface area contributed by atoms with Gasteiger partial charge in [0.1, 0.15) is 5.03 Å². The van der Waals surface area contributed by atoms with Crippen molar-refractivity contribution in [3.8, 4) is 0 Å². The van der Waals surface area contributed by atoms with Gasteiger partial charge in [-0.3, -0.25) is 0 Å². The van der Waals surface area contributed by atoms with E-state index < -0.39 is 21.3 Å². The molecule has 1 heterocycles. The number of halogens is 3. The van der Waals surface area contributed by atoms with E-state index in [1.54, 1.807) is 6.92 Å². The van der Waals surface area contributed by atoms with E-state index in [1.807, 2.05) is 0 Å². The monoisotopic (exact) mass is 209 g/mol. The standard InChI is InChI=1S/C7H6F3NOS/c1-5-2-3-6(11-4-5)13(12)7(8,9)10/h2-4H,1H3. The van der Waals surface area contributed by atoms with E-state index >= 15 is 0 Å². The van der Waals surface area contributed by atoms with Crippen molar-refractivity contribution < 1.29 is 17.4 Å². The van der Waals surface area contributed by atoms with E-state index in [2.05, 4.69) is 4.98 Å². The molecule has 0 aliphatic carbocycles. The molecule has 0 aliphatic heterocycles. The predicted octanol–water partition coefficient (Wildman–Crippen LogP) is 2.02. The third-order valence-electron chi connectivity index (χ3n) is 1.28. The van der Waals surface area contributed by atoms with Gasteiger partial charge in [-0.15, -0.1) is 0 Å². The van der Waals surface area contributed by atoms with Gasteiger partial charge in [0.15, 0.2) is 10.8 Å². The van der Waals surface area contributed by atoms with E-state index in [4.69, 9.17) is 0 Å². The highest BCUT2D eigenvalue weighted by Crippen LogP contribution is 2.24. The Labute approximate surface area is 75.3 Å². The van der Waals surface area contributed by atoms with Gasteiger partial charge >= 0.3 is 5.51 Å². The average molecular weight is 209 g/mol. The Balaban J connectivity index is 2.97. The minimum Gasteiger partial charge on any atom is -0.247 e. The highest BCUT2D eigenvalue weighted by Gasteiger charge is 2.38. The topological polar surface area (TPSA) is 30.0 Å². The number of pyridine rings is 1. The molecule has 0 aromatic carbocycles. The van der Waals surface area contributed by atoms with E-state index in [9.17, 15) is 17.4 Å². The Morgan fingerprint density at radius 3 is 2.38 bits per heavy atom. The summed E-state index contributed by atoms with van der Waals surface area (Å²) in [6, 6.07) is 2.55. The second-order valence-corrected chi connectivity index (χ2v) is 3.81. The number of rotatable bonds is 1. The summed E-state index contributed by atoms with van der Waals surface area (Å²) in [6.45, 7) is 1.69. The maximum atomic E-state index is 11.9. The van der Waals surface area contributed by atoms with Crippen LogP contribution in [0.15, 0.2) is 23.4 Å². The van der Waals surface area contributed by atoms with Gasteiger partial charge in [0.25, 0.3) is 0 Å². The lowest BCUT2D eigenvalue weighted by molar-refractivity contribution is -0.0386. The summed E-state index contributed by atoms with van der Waals surface area (Å²) in [7, 11) is -3.02. The van der Waals surface area contributed by atoms with Crippen LogP contribution in [0.4, 0.5) is 13.2 Å². The van der Waals surface area contributed by atoms with E-state index in [0.717, 1.165) is 11.6 Å². The van der Waals surface area contributed by atoms with Crippen molar-refractivity contribution in [1.29, 1.82) is 0 Å². The van der Waals surface area contributed by atoms with Crippen molar-refractivity contribution in [1.82, 2.24) is 4.98 Å². The molecule has 1 rings (SSSR count). The zero-order chi connectivity index (χ0) is 10.1. The number of aryl methyl sites for hydroxylation is 1. The number of alkyl halides is 3. The highest BCUT2D eigenvalue weighted by molar-refractivity contribution is 7.85. The molecule has 1 aromatic rings. The normalized spacial score (nSPS) is 14.2. The maximum absolute atomic E-state index is 11.9. The van der Waals surface area contributed by atoms with Gasteiger partial charge < -0.3 is 0 Å². The first-order chi connectivity index (χ1) is 5.91. The number of aromatic nitrogens is 1. The van der Waals surface area contributed by atoms with Crippen molar-refractivity contribution >= 4 is 10.8 Å². The Morgan fingerprint density at radius 2 is 2.00 bits per heavy atom. The zero-order valence-corrected chi connectivity index (χ0v) is 7.45. The molecular formula is C7H6F3NOS. The smallest absolute Gasteiger partial charge is 0.247 e. The first-order valence-corrected chi connectivity index (χ1v) is 4.47. The fourth-order valence-corrected chi connectivity index (χ4v) is 1.26. The van der Waals surface area contributed by atoms with Gasteiger partial charge in [0.05, 0.1) is 0 Å². The summed E-state index contributed by atoms with van der Waals surface area (Å²) < 4.78 is 46.4. The predicted molar refractivity (Wildman–Crippen MR) is 41.4 cm³/mol. The molecule has 13 heavy (non-hydrogen) atoms. The lowest BCUT2D eigenvalue weighted by Gasteiger charge is -2.04. The van der Waals surface area contributed by atoms with Gasteiger partial charge in [-0.25, -0.2) is 9.19 Å². The second-order valence-electron chi connectivity index (χ2n) is 2.39. The summed E-state index contributed by atoms with van der Waals surface area (Å²) in [4.78, 5) is 3.42. The molecule has 0 N–H and O–H groups in total. The van der Waals surface area contributed by atoms with Gasteiger partial charge in [-0.05, 0) is 18.6 Å². The van der Waals surface area contributed by atoms with Crippen LogP contribution in [0.25, 0.3) is 0 Å². The van der Waals surface area contributed by atoms with Crippen LogP contribution in [0.5, 0.6) is 0 Å². The first kappa shape index (κ1) is 10.2. The minimum absolute atomic E-state index is 0.460. The number of hydrogen-bond acceptors (Lipinski definition) is 2. The first-order valence-electron chi connectivity index (χ1n) is 3.32. The van der Waals surface area contributed by atoms with Crippen LogP contribution < -0.4 is 0 Å². The van der Waals surface area contributed by atoms with E-state index in [1.165, 1.54) is 12.3 Å². The van der Waals surface area contributed by atoms with Crippen molar-refractivity contribution in [2.45, 2.75) is 17.5 Å². The second kappa shape index (κ2) is 3.45. The van der Waals surface area contributed by atoms with Gasteiger partial charge in [0.2, 0.25) is 0 Å². The van der Waals surface area contributed by atoms with E-state index in [0.29, 0.717) is 0 Å². The zero-order valence-electron chi connectivity index (χ0n) is 6.63. The summed E-state index contributed by atoms with van der Waals surface area (Å²) in [5, 5.41) is -0.460. The molecule has 1 unspecified atom stereocenters. The van der Waals surface area contributed by atoms with E-state index in [-0.39, 0.29) is 0 Å². The van der Waals surface area contributed by atoms with Gasteiger partial charge in [0, 0.05) is 6.20 Å². The molecule has 0 saturated heterocycles. The van der Waals surface area contributed by atoms with Crippen LogP contribution in [0.3, 0.4) is 0 Å². The molecule has 1 aromatic heterocycles. The Bertz CT molecular complexity index is 320. The SMILES string of the molecule is Cc1ccc(S(=O)C(F)(F)F)nc1. The van der Waals surface area contributed by atoms with Crippen LogP contribution in [-0.2, 0) is 10.8 Å². The van der Waals surface area contributed by atoms with Crippen LogP contribution in [0, 0.1) is 6.92 Å². The van der Waals surface area contributed by atoms with Gasteiger partial charge in [-0.2, -0.15) is 13.2 Å². The molecule has 0 spiro atoms. The molecule has 0 bridgehead atoms. The van der Waals surface area contributed by atoms with Crippen molar-refractivity contribution in [3.63, 3.8) is 0 Å². The van der Waals surface area contributed by atoms with Crippen LogP contribution in [-0.4, -0.2) is 14.7 Å². The van der Waals surface area contributed by atoms with Gasteiger partial charge in [-0.1, -0.05) is 6.07 Å². The Kier molecular flexibility index (Phi) is 2.70. The summed E-state index contributed by atoms with van der Waals surface area (Å²) in [6.07, 6.45) is 1.25. The van der Waals surface area contributed by atoms with Crippen LogP contribution in [0.2, 0.25) is 0 Å². The molecule has 1 atom stereocenters. The van der Waals surface area contributed by atoms with Crippen molar-refractivity contribution in [2.75, 3.05) is 0 Å². The average Bonchev–Trinajstić information content (AvgIpc) is 2.03. The number of hydrogen-bond donors (Lipinski definition) is 0. The molecule has 0 saturated carbocycles. The van der Waals surface area contributed by atoms with Crippen molar-refractivity contribution in [3.05, 3.63) is 23.9 Å². The summed E-state index contributed by atoms with van der Waals surface area (Å²) >= 11 is 0. The summed E-state index contributed by atoms with van der Waals surface area (Å²) in [5.41, 5.74) is -4.01. The fourth-order valence-electron chi connectivity index (χ4n) is 0.682. The molecule has 0 aliphatic rings. The lowest BCUT2D eigenvalue weighted by atomic mass is 10.3. The molecule has 0 fully saturated rings. The maximum Gasteiger partial charge on any atom is 0.477 e. The van der Waals surface area contributed by atoms with Crippen LogP contribution in [0.1, 0.15) is 5.56 Å². The molecular weight excluding hydrogens is 203 g/mol. The Hall–Kier alpha value is -0.910. The molecule has 0 amide bonds. The largest absolute Gasteiger partial charge is 0.477 e. The number of nitrogens with zero attached hydrogens (tertiary/aromatic N) is 1. The molecule has 72 valence electrons. The van der Waals surface area contributed by atoms with Crippen LogP contribution >= 0.6 is 0 Å². The van der Waals surface area contributed by atoms with Crippen molar-refractivity contribution in [2.24, 2.45) is 0 Å². The third kappa shape index (κ3) is 2.51. The molecule has 2 nitrogen and oxygen atoms in total. The Morgan fingerprint density at radius 1 is 1.38 bits per heavy atom. The quantitative estimate of drug-likeness (QED) is 0.708. The fraction of sp³-hybridized carbons (Fsp3) is 0.286. The summed E-state index contributed by atoms with van der Waals surface area (Å²) in [5.74, 6) is 0. The third-order valence-corrected chi connectivity index (χ3v) is 2.33. The highest BCUT2D eigenvalue weighted by atomic mass is 32.2. The minimum atomic E-state index is -4.73. The molecule has 6 heteroatoms. The lowest BCUT2D eigenvalue weighted by Crippen LogP contribution is -2.17.